The summed E-state index contributed by atoms with van der Waals surface area (Å²) in [5.74, 6) is 0.714. The maximum Gasteiger partial charge on any atom is 0.261 e. The van der Waals surface area contributed by atoms with E-state index in [9.17, 15) is 13.2 Å². The topological polar surface area (TPSA) is 66.5 Å². The Morgan fingerprint density at radius 3 is 2.54 bits per heavy atom. The fraction of sp³-hybridized carbons (Fsp3) is 0.235. The highest BCUT2D eigenvalue weighted by atomic mass is 32.2. The normalized spacial score (nSPS) is 14.2. The summed E-state index contributed by atoms with van der Waals surface area (Å²) < 4.78 is 27.8. The van der Waals surface area contributed by atoms with Crippen molar-refractivity contribution in [3.05, 3.63) is 48.0 Å². The van der Waals surface area contributed by atoms with Gasteiger partial charge in [-0.15, -0.1) is 11.8 Å². The van der Waals surface area contributed by atoms with Gasteiger partial charge in [0.15, 0.2) is 0 Å². The van der Waals surface area contributed by atoms with Gasteiger partial charge in [0.1, 0.15) is 0 Å². The fourth-order valence-corrected chi connectivity index (χ4v) is 4.72. The lowest BCUT2D eigenvalue weighted by Crippen LogP contribution is -2.33. The number of sulfonamides is 1. The number of anilines is 2. The van der Waals surface area contributed by atoms with Gasteiger partial charge in [-0.3, -0.25) is 9.52 Å². The van der Waals surface area contributed by atoms with Crippen molar-refractivity contribution in [3.63, 3.8) is 0 Å². The summed E-state index contributed by atoms with van der Waals surface area (Å²) >= 11 is 1.56. The van der Waals surface area contributed by atoms with Crippen LogP contribution in [0, 0.1) is 6.92 Å². The van der Waals surface area contributed by atoms with Gasteiger partial charge in [-0.25, -0.2) is 8.42 Å². The van der Waals surface area contributed by atoms with Gasteiger partial charge in [-0.05, 0) is 37.3 Å². The minimum absolute atomic E-state index is 0.0371. The first kappa shape index (κ1) is 16.9. The average Bonchev–Trinajstić information content (AvgIpc) is 2.55. The van der Waals surface area contributed by atoms with Crippen LogP contribution < -0.4 is 9.62 Å². The van der Waals surface area contributed by atoms with Crippen molar-refractivity contribution in [3.8, 4) is 0 Å². The number of nitrogens with one attached hydrogen (secondary N) is 1. The van der Waals surface area contributed by atoms with Crippen molar-refractivity contribution in [2.45, 2.75) is 23.6 Å². The number of fused-ring (bicyclic) bond motifs is 1. The minimum atomic E-state index is -3.66. The van der Waals surface area contributed by atoms with E-state index in [0.29, 0.717) is 12.2 Å². The summed E-state index contributed by atoms with van der Waals surface area (Å²) in [6.07, 6.45) is 0. The van der Waals surface area contributed by atoms with Crippen molar-refractivity contribution in [2.24, 2.45) is 0 Å². The van der Waals surface area contributed by atoms with Gasteiger partial charge in [-0.1, -0.05) is 17.7 Å². The third kappa shape index (κ3) is 3.42. The second-order valence-electron chi connectivity index (χ2n) is 5.62. The summed E-state index contributed by atoms with van der Waals surface area (Å²) in [6.45, 7) is 4.10. The zero-order chi connectivity index (χ0) is 17.3. The first-order chi connectivity index (χ1) is 11.4. The monoisotopic (exact) mass is 362 g/mol. The van der Waals surface area contributed by atoms with Gasteiger partial charge in [0.25, 0.3) is 10.0 Å². The summed E-state index contributed by atoms with van der Waals surface area (Å²) in [7, 11) is -3.66. The Bertz CT molecular complexity index is 877. The second-order valence-corrected chi connectivity index (χ2v) is 8.44. The van der Waals surface area contributed by atoms with E-state index >= 15 is 0 Å². The Balaban J connectivity index is 1.91. The number of amides is 1. The molecule has 1 N–H and O–H groups in total. The third-order valence-electron chi connectivity index (χ3n) is 3.79. The fourth-order valence-electron chi connectivity index (χ4n) is 2.53. The van der Waals surface area contributed by atoms with Crippen LogP contribution in [0.3, 0.4) is 0 Å². The maximum atomic E-state index is 12.6. The minimum Gasteiger partial charge on any atom is -0.311 e. The van der Waals surface area contributed by atoms with Crippen LogP contribution in [-0.4, -0.2) is 26.6 Å². The van der Waals surface area contributed by atoms with E-state index in [1.807, 2.05) is 19.1 Å². The summed E-state index contributed by atoms with van der Waals surface area (Å²) in [5.41, 5.74) is 2.36. The first-order valence-corrected chi connectivity index (χ1v) is 9.98. The highest BCUT2D eigenvalue weighted by Gasteiger charge is 2.23. The Morgan fingerprint density at radius 2 is 1.88 bits per heavy atom. The van der Waals surface area contributed by atoms with E-state index in [4.69, 9.17) is 0 Å². The number of aryl methyl sites for hydroxylation is 1. The van der Waals surface area contributed by atoms with Crippen LogP contribution in [0.25, 0.3) is 0 Å². The molecule has 126 valence electrons. The van der Waals surface area contributed by atoms with Gasteiger partial charge in [-0.2, -0.15) is 0 Å². The summed E-state index contributed by atoms with van der Waals surface area (Å²) in [5, 5.41) is 0. The van der Waals surface area contributed by atoms with Crippen molar-refractivity contribution >= 4 is 39.1 Å². The molecule has 0 aliphatic carbocycles. The first-order valence-electron chi connectivity index (χ1n) is 7.51. The van der Waals surface area contributed by atoms with Crippen LogP contribution in [-0.2, 0) is 14.8 Å². The van der Waals surface area contributed by atoms with E-state index in [0.717, 1.165) is 21.9 Å². The van der Waals surface area contributed by atoms with E-state index in [1.165, 1.54) is 13.0 Å². The molecule has 0 atom stereocenters. The molecule has 7 heteroatoms. The molecule has 0 bridgehead atoms. The summed E-state index contributed by atoms with van der Waals surface area (Å²) in [4.78, 5) is 14.4. The number of rotatable bonds is 3. The van der Waals surface area contributed by atoms with Gasteiger partial charge >= 0.3 is 0 Å². The smallest absolute Gasteiger partial charge is 0.261 e. The van der Waals surface area contributed by atoms with Gasteiger partial charge in [0, 0.05) is 29.8 Å². The van der Waals surface area contributed by atoms with E-state index < -0.39 is 10.0 Å². The van der Waals surface area contributed by atoms with Crippen LogP contribution in [0.1, 0.15) is 12.5 Å². The SMILES string of the molecule is CC(=O)N1CCSc2cc(S(=O)(=O)Nc3ccc(C)cc3)ccc21. The lowest BCUT2D eigenvalue weighted by Gasteiger charge is -2.28. The molecular weight excluding hydrogens is 344 g/mol. The molecule has 1 heterocycles. The van der Waals surface area contributed by atoms with Crippen LogP contribution >= 0.6 is 11.8 Å². The number of thioether (sulfide) groups is 1. The molecule has 0 unspecified atom stereocenters. The molecule has 1 amide bonds. The van der Waals surface area contributed by atoms with E-state index in [-0.39, 0.29) is 10.8 Å². The van der Waals surface area contributed by atoms with Gasteiger partial charge in [0.05, 0.1) is 10.6 Å². The van der Waals surface area contributed by atoms with Crippen LogP contribution in [0.5, 0.6) is 0 Å². The molecule has 5 nitrogen and oxygen atoms in total. The summed E-state index contributed by atoms with van der Waals surface area (Å²) in [6, 6.07) is 12.0. The quantitative estimate of drug-likeness (QED) is 0.910. The van der Waals surface area contributed by atoms with Gasteiger partial charge < -0.3 is 4.90 Å². The molecule has 2 aromatic rings. The van der Waals surface area contributed by atoms with E-state index in [1.54, 1.807) is 40.9 Å². The van der Waals surface area contributed by atoms with Crippen molar-refractivity contribution in [1.82, 2.24) is 0 Å². The predicted molar refractivity (Wildman–Crippen MR) is 97.2 cm³/mol. The van der Waals surface area contributed by atoms with Crippen LogP contribution in [0.2, 0.25) is 0 Å². The lowest BCUT2D eigenvalue weighted by atomic mass is 10.2. The standard InChI is InChI=1S/C17H18N2O3S2/c1-12-3-5-14(6-4-12)18-24(21,22)15-7-8-16-17(11-15)23-10-9-19(16)13(2)20/h3-8,11,18H,9-10H2,1-2H3. The highest BCUT2D eigenvalue weighted by Crippen LogP contribution is 2.36. The molecule has 3 rings (SSSR count). The Kier molecular flexibility index (Phi) is 4.56. The average molecular weight is 362 g/mol. The second kappa shape index (κ2) is 6.49. The highest BCUT2D eigenvalue weighted by molar-refractivity contribution is 7.99. The largest absolute Gasteiger partial charge is 0.311 e. The Labute approximate surface area is 146 Å². The van der Waals surface area contributed by atoms with Crippen molar-refractivity contribution in [1.29, 1.82) is 0 Å². The number of benzene rings is 2. The third-order valence-corrected chi connectivity index (χ3v) is 6.19. The van der Waals surface area contributed by atoms with Crippen molar-refractivity contribution < 1.29 is 13.2 Å². The van der Waals surface area contributed by atoms with Gasteiger partial charge in [0.2, 0.25) is 5.91 Å². The molecule has 24 heavy (non-hydrogen) atoms. The molecule has 0 saturated carbocycles. The molecule has 1 aliphatic rings. The number of hydrogen-bond acceptors (Lipinski definition) is 4. The van der Waals surface area contributed by atoms with Crippen LogP contribution in [0.4, 0.5) is 11.4 Å². The zero-order valence-electron chi connectivity index (χ0n) is 13.4. The van der Waals surface area contributed by atoms with Crippen molar-refractivity contribution in [2.75, 3.05) is 21.9 Å². The zero-order valence-corrected chi connectivity index (χ0v) is 15.1. The Hall–Kier alpha value is -1.99. The predicted octanol–water partition coefficient (Wildman–Crippen LogP) is 3.25. The van der Waals surface area contributed by atoms with Crippen LogP contribution in [0.15, 0.2) is 52.3 Å². The Morgan fingerprint density at radius 1 is 1.17 bits per heavy atom. The molecular formula is C17H18N2O3S2. The molecule has 0 radical (unpaired) electrons. The molecule has 1 aliphatic heterocycles. The number of carbonyl (C=O) groups is 1. The molecule has 0 spiro atoms. The molecule has 0 fully saturated rings. The number of hydrogen-bond donors (Lipinski definition) is 1. The molecule has 0 aromatic heterocycles. The maximum absolute atomic E-state index is 12.6. The van der Waals surface area contributed by atoms with E-state index in [2.05, 4.69) is 4.72 Å². The molecule has 2 aromatic carbocycles. The number of carbonyl (C=O) groups excluding carboxylic acids is 1. The molecule has 0 saturated heterocycles. The number of nitrogens with zero attached hydrogens (tertiary/aromatic N) is 1. The lowest BCUT2D eigenvalue weighted by molar-refractivity contribution is -0.116.